The molecule has 2 aromatic rings. The van der Waals surface area contributed by atoms with Crippen LogP contribution in [0.2, 0.25) is 0 Å². The highest BCUT2D eigenvalue weighted by Gasteiger charge is 2.22. The van der Waals surface area contributed by atoms with E-state index in [0.717, 1.165) is 28.9 Å². The number of carbonyl (C=O) groups excluding carboxylic acids is 1. The molecule has 1 N–H and O–H groups in total. The zero-order chi connectivity index (χ0) is 16.9. The number of hydrogen-bond acceptors (Lipinski definition) is 3. The fourth-order valence-electron chi connectivity index (χ4n) is 3.15. The summed E-state index contributed by atoms with van der Waals surface area (Å²) in [5.74, 6) is 0.837. The Morgan fingerprint density at radius 2 is 2.04 bits per heavy atom. The second kappa shape index (κ2) is 7.79. The van der Waals surface area contributed by atoms with Gasteiger partial charge in [-0.05, 0) is 62.1 Å². The number of amides is 1. The van der Waals surface area contributed by atoms with Crippen LogP contribution in [-0.2, 0) is 0 Å². The lowest BCUT2D eigenvalue weighted by Gasteiger charge is -2.36. The summed E-state index contributed by atoms with van der Waals surface area (Å²) in [6.07, 6.45) is 6.54. The number of nitrogens with one attached hydrogen (secondary N) is 1. The summed E-state index contributed by atoms with van der Waals surface area (Å²) in [4.78, 5) is 19.2. The molecule has 5 heteroatoms. The van der Waals surface area contributed by atoms with Gasteiger partial charge in [-0.25, -0.2) is 4.98 Å². The van der Waals surface area contributed by atoms with E-state index in [9.17, 15) is 4.79 Å². The molecule has 4 nitrogen and oxygen atoms in total. The van der Waals surface area contributed by atoms with E-state index in [1.165, 1.54) is 19.3 Å². The molecule has 1 saturated heterocycles. The van der Waals surface area contributed by atoms with E-state index in [1.807, 2.05) is 36.4 Å². The molecule has 1 amide bonds. The van der Waals surface area contributed by atoms with Crippen molar-refractivity contribution < 1.29 is 4.79 Å². The molecule has 3 rings (SSSR count). The fourth-order valence-corrected chi connectivity index (χ4v) is 3.42. The van der Waals surface area contributed by atoms with E-state index >= 15 is 0 Å². The molecule has 1 fully saturated rings. The van der Waals surface area contributed by atoms with Gasteiger partial charge in [0.1, 0.15) is 5.82 Å². The van der Waals surface area contributed by atoms with Crippen molar-refractivity contribution in [1.82, 2.24) is 4.98 Å². The molecule has 1 unspecified atom stereocenters. The minimum atomic E-state index is -0.137. The van der Waals surface area contributed by atoms with E-state index < -0.39 is 0 Å². The normalized spacial score (nSPS) is 17.6. The number of carbonyl (C=O) groups is 1. The third kappa shape index (κ3) is 3.96. The number of nitrogens with zero attached hydrogens (tertiary/aromatic N) is 2. The van der Waals surface area contributed by atoms with Crippen molar-refractivity contribution in [2.75, 3.05) is 16.8 Å². The summed E-state index contributed by atoms with van der Waals surface area (Å²) in [5, 5.41) is 2.89. The second-order valence-corrected chi connectivity index (χ2v) is 7.03. The van der Waals surface area contributed by atoms with Crippen molar-refractivity contribution in [3.8, 4) is 0 Å². The van der Waals surface area contributed by atoms with Crippen molar-refractivity contribution in [2.45, 2.75) is 38.6 Å². The number of aromatic nitrogens is 1. The number of rotatable bonds is 4. The van der Waals surface area contributed by atoms with Crippen LogP contribution in [0, 0.1) is 0 Å². The average molecular weight is 388 g/mol. The molecule has 0 radical (unpaired) electrons. The van der Waals surface area contributed by atoms with Crippen LogP contribution < -0.4 is 10.2 Å². The van der Waals surface area contributed by atoms with Crippen molar-refractivity contribution in [3.63, 3.8) is 0 Å². The Morgan fingerprint density at radius 3 is 2.71 bits per heavy atom. The number of piperidine rings is 1. The first-order valence-corrected chi connectivity index (χ1v) is 9.26. The van der Waals surface area contributed by atoms with E-state index in [2.05, 4.69) is 38.1 Å². The monoisotopic (exact) mass is 387 g/mol. The Morgan fingerprint density at radius 1 is 1.25 bits per heavy atom. The van der Waals surface area contributed by atoms with Crippen molar-refractivity contribution in [2.24, 2.45) is 0 Å². The Balaban J connectivity index is 1.69. The molecule has 1 atom stereocenters. The van der Waals surface area contributed by atoms with Gasteiger partial charge >= 0.3 is 0 Å². The topological polar surface area (TPSA) is 45.2 Å². The van der Waals surface area contributed by atoms with Crippen molar-refractivity contribution in [1.29, 1.82) is 0 Å². The first kappa shape index (κ1) is 17.0. The van der Waals surface area contributed by atoms with Gasteiger partial charge in [0.15, 0.2) is 0 Å². The molecule has 0 bridgehead atoms. The summed E-state index contributed by atoms with van der Waals surface area (Å²) < 4.78 is 0.985. The minimum Gasteiger partial charge on any atom is -0.354 e. The number of hydrogen-bond donors (Lipinski definition) is 1. The smallest absolute Gasteiger partial charge is 0.257 e. The molecule has 1 aromatic heterocycles. The third-order valence-corrected chi connectivity index (χ3v) is 5.03. The Labute approximate surface area is 151 Å². The minimum absolute atomic E-state index is 0.137. The lowest BCUT2D eigenvalue weighted by Crippen LogP contribution is -2.39. The largest absolute Gasteiger partial charge is 0.354 e. The number of benzene rings is 1. The van der Waals surface area contributed by atoms with Gasteiger partial charge in [0.25, 0.3) is 5.91 Å². The molecule has 1 aliphatic rings. The molecule has 1 aromatic carbocycles. The quantitative estimate of drug-likeness (QED) is 0.813. The van der Waals surface area contributed by atoms with Gasteiger partial charge in [-0.3, -0.25) is 4.79 Å². The van der Waals surface area contributed by atoms with Crippen molar-refractivity contribution >= 4 is 33.3 Å². The number of pyridine rings is 1. The van der Waals surface area contributed by atoms with Crippen LogP contribution in [0.1, 0.15) is 43.0 Å². The highest BCUT2D eigenvalue weighted by atomic mass is 79.9. The van der Waals surface area contributed by atoms with Gasteiger partial charge in [-0.2, -0.15) is 0 Å². The van der Waals surface area contributed by atoms with Crippen LogP contribution in [0.3, 0.4) is 0 Å². The zero-order valence-corrected chi connectivity index (χ0v) is 15.4. The Bertz CT molecular complexity index is 685. The summed E-state index contributed by atoms with van der Waals surface area (Å²) in [6.45, 7) is 3.28. The molecular formula is C19H22BrN3O. The van der Waals surface area contributed by atoms with Gasteiger partial charge < -0.3 is 10.2 Å². The molecule has 2 heterocycles. The highest BCUT2D eigenvalue weighted by Crippen LogP contribution is 2.25. The molecule has 126 valence electrons. The van der Waals surface area contributed by atoms with Gasteiger partial charge in [0.2, 0.25) is 0 Å². The predicted molar refractivity (Wildman–Crippen MR) is 102 cm³/mol. The van der Waals surface area contributed by atoms with E-state index in [4.69, 9.17) is 0 Å². The van der Waals surface area contributed by atoms with Gasteiger partial charge in [0.05, 0.1) is 5.56 Å². The highest BCUT2D eigenvalue weighted by molar-refractivity contribution is 9.10. The van der Waals surface area contributed by atoms with Gasteiger partial charge in [-0.15, -0.1) is 0 Å². The van der Waals surface area contributed by atoms with Crippen LogP contribution in [0.4, 0.5) is 11.5 Å². The number of halogens is 1. The SMILES string of the molecule is CCC1CCCCN1c1ccc(C(=O)Nc2ccc(Br)cc2)cn1. The summed E-state index contributed by atoms with van der Waals surface area (Å²) in [7, 11) is 0. The van der Waals surface area contributed by atoms with Crippen molar-refractivity contribution in [3.05, 3.63) is 52.6 Å². The van der Waals surface area contributed by atoms with E-state index in [0.29, 0.717) is 11.6 Å². The van der Waals surface area contributed by atoms with Crippen LogP contribution >= 0.6 is 15.9 Å². The molecule has 24 heavy (non-hydrogen) atoms. The lowest BCUT2D eigenvalue weighted by atomic mass is 10.00. The predicted octanol–water partition coefficient (Wildman–Crippen LogP) is 4.87. The first-order valence-electron chi connectivity index (χ1n) is 8.47. The van der Waals surface area contributed by atoms with Crippen LogP contribution in [-0.4, -0.2) is 23.5 Å². The summed E-state index contributed by atoms with van der Waals surface area (Å²) in [5.41, 5.74) is 1.35. The van der Waals surface area contributed by atoms with E-state index in [-0.39, 0.29) is 5.91 Å². The van der Waals surface area contributed by atoms with Gasteiger partial charge in [-0.1, -0.05) is 22.9 Å². The third-order valence-electron chi connectivity index (χ3n) is 4.50. The molecule has 0 spiro atoms. The zero-order valence-electron chi connectivity index (χ0n) is 13.8. The summed E-state index contributed by atoms with van der Waals surface area (Å²) >= 11 is 3.39. The Kier molecular flexibility index (Phi) is 5.51. The standard InChI is InChI=1S/C19H22BrN3O/c1-2-17-5-3-4-12-23(17)18-11-6-14(13-21-18)19(24)22-16-9-7-15(20)8-10-16/h6-11,13,17H,2-5,12H2,1H3,(H,22,24). The molecular weight excluding hydrogens is 366 g/mol. The number of anilines is 2. The van der Waals surface area contributed by atoms with Gasteiger partial charge in [0, 0.05) is 28.9 Å². The lowest BCUT2D eigenvalue weighted by molar-refractivity contribution is 0.102. The maximum atomic E-state index is 12.3. The molecule has 0 aliphatic carbocycles. The second-order valence-electron chi connectivity index (χ2n) is 6.12. The summed E-state index contributed by atoms with van der Waals surface area (Å²) in [6, 6.07) is 11.9. The van der Waals surface area contributed by atoms with Crippen LogP contribution in [0.25, 0.3) is 0 Å². The van der Waals surface area contributed by atoms with E-state index in [1.54, 1.807) is 6.20 Å². The molecule has 1 aliphatic heterocycles. The average Bonchev–Trinajstić information content (AvgIpc) is 2.63. The fraction of sp³-hybridized carbons (Fsp3) is 0.368. The Hall–Kier alpha value is -1.88. The first-order chi connectivity index (χ1) is 11.7. The maximum Gasteiger partial charge on any atom is 0.257 e. The van der Waals surface area contributed by atoms with Crippen LogP contribution in [0.5, 0.6) is 0 Å². The van der Waals surface area contributed by atoms with Crippen LogP contribution in [0.15, 0.2) is 47.1 Å². The molecule has 0 saturated carbocycles. The maximum absolute atomic E-state index is 12.3.